The van der Waals surface area contributed by atoms with Crippen LogP contribution in [-0.2, 0) is 0 Å². The van der Waals surface area contributed by atoms with Crippen molar-refractivity contribution in [3.05, 3.63) is 34.9 Å². The van der Waals surface area contributed by atoms with Crippen LogP contribution in [0.1, 0.15) is 69.9 Å². The Kier molecular flexibility index (Phi) is 4.37. The van der Waals surface area contributed by atoms with Gasteiger partial charge in [0.25, 0.3) is 0 Å². The zero-order chi connectivity index (χ0) is 14.0. The first-order valence-electron chi connectivity index (χ1n) is 8.18. The quantitative estimate of drug-likeness (QED) is 0.776. The normalized spacial score (nSPS) is 24.1. The maximum Gasteiger partial charge on any atom is 0.0409 e. The van der Waals surface area contributed by atoms with Crippen molar-refractivity contribution in [3.63, 3.8) is 0 Å². The number of hydrogen-bond acceptors (Lipinski definition) is 1. The minimum Gasteiger partial charge on any atom is -0.307 e. The fraction of sp³-hybridized carbons (Fsp3) is 0.667. The zero-order valence-corrected chi connectivity index (χ0v) is 13.3. The molecule has 0 saturated heterocycles. The highest BCUT2D eigenvalue weighted by molar-refractivity contribution is 6.30. The summed E-state index contributed by atoms with van der Waals surface area (Å²) in [6.07, 6.45) is 11.5. The molecule has 3 rings (SSSR count). The second kappa shape index (κ2) is 6.07. The summed E-state index contributed by atoms with van der Waals surface area (Å²) in [4.78, 5) is 0. The van der Waals surface area contributed by atoms with Gasteiger partial charge in [0.05, 0.1) is 0 Å². The summed E-state index contributed by atoms with van der Waals surface area (Å²) in [6, 6.07) is 9.34. The third-order valence-electron chi connectivity index (χ3n) is 5.54. The Labute approximate surface area is 128 Å². The van der Waals surface area contributed by atoms with Crippen LogP contribution in [-0.4, -0.2) is 6.04 Å². The molecule has 0 bridgehead atoms. The van der Waals surface area contributed by atoms with E-state index in [0.29, 0.717) is 12.1 Å². The van der Waals surface area contributed by atoms with E-state index in [-0.39, 0.29) is 0 Å². The maximum atomic E-state index is 6.09. The summed E-state index contributed by atoms with van der Waals surface area (Å²) in [7, 11) is 0. The molecule has 1 N–H and O–H groups in total. The summed E-state index contributed by atoms with van der Waals surface area (Å²) in [5, 5.41) is 4.65. The van der Waals surface area contributed by atoms with Gasteiger partial charge in [-0.25, -0.2) is 0 Å². The number of hydrogen-bond donors (Lipinski definition) is 1. The van der Waals surface area contributed by atoms with E-state index >= 15 is 0 Å². The predicted molar refractivity (Wildman–Crippen MR) is 86.2 cm³/mol. The molecule has 110 valence electrons. The maximum absolute atomic E-state index is 6.09. The lowest BCUT2D eigenvalue weighted by Crippen LogP contribution is -2.37. The molecule has 2 fully saturated rings. The molecule has 2 aliphatic carbocycles. The Morgan fingerprint density at radius 3 is 2.50 bits per heavy atom. The first-order valence-corrected chi connectivity index (χ1v) is 8.56. The molecule has 2 aliphatic rings. The van der Waals surface area contributed by atoms with E-state index in [1.807, 2.05) is 12.1 Å². The zero-order valence-electron chi connectivity index (χ0n) is 12.5. The Bertz CT molecular complexity index is 440. The van der Waals surface area contributed by atoms with Crippen LogP contribution in [0.2, 0.25) is 5.02 Å². The summed E-state index contributed by atoms with van der Waals surface area (Å²) >= 11 is 6.09. The molecule has 0 amide bonds. The van der Waals surface area contributed by atoms with Gasteiger partial charge in [0.15, 0.2) is 0 Å². The average molecular weight is 292 g/mol. The minimum atomic E-state index is 0.399. The van der Waals surface area contributed by atoms with Gasteiger partial charge in [0.2, 0.25) is 0 Å². The van der Waals surface area contributed by atoms with Gasteiger partial charge in [0.1, 0.15) is 0 Å². The van der Waals surface area contributed by atoms with E-state index in [1.165, 1.54) is 56.9 Å². The van der Waals surface area contributed by atoms with Gasteiger partial charge in [-0.2, -0.15) is 0 Å². The highest BCUT2D eigenvalue weighted by Gasteiger charge is 2.37. The van der Waals surface area contributed by atoms with Gasteiger partial charge >= 0.3 is 0 Å². The fourth-order valence-corrected chi connectivity index (χ4v) is 4.45. The standard InChI is InChI=1S/C18H26ClN/c1-14(15-5-4-6-16(19)13-15)20-17-7-11-18(12-8-17)9-2-3-10-18/h4-6,13-14,17,20H,2-3,7-12H2,1H3/t14-/m0/s1. The lowest BCUT2D eigenvalue weighted by atomic mass is 9.71. The van der Waals surface area contributed by atoms with Crippen LogP contribution in [0.4, 0.5) is 0 Å². The van der Waals surface area contributed by atoms with Crippen molar-refractivity contribution in [2.75, 3.05) is 0 Å². The summed E-state index contributed by atoms with van der Waals surface area (Å²) < 4.78 is 0. The average Bonchev–Trinajstić information content (AvgIpc) is 2.90. The van der Waals surface area contributed by atoms with Gasteiger partial charge in [-0.3, -0.25) is 0 Å². The smallest absolute Gasteiger partial charge is 0.0409 e. The minimum absolute atomic E-state index is 0.399. The lowest BCUT2D eigenvalue weighted by molar-refractivity contribution is 0.164. The first-order chi connectivity index (χ1) is 9.67. The van der Waals surface area contributed by atoms with Crippen LogP contribution < -0.4 is 5.32 Å². The van der Waals surface area contributed by atoms with Crippen LogP contribution in [0.5, 0.6) is 0 Å². The van der Waals surface area contributed by atoms with Crippen molar-refractivity contribution < 1.29 is 0 Å². The number of nitrogens with one attached hydrogen (secondary N) is 1. The van der Waals surface area contributed by atoms with Crippen LogP contribution >= 0.6 is 11.6 Å². The largest absolute Gasteiger partial charge is 0.307 e. The molecule has 0 aromatic heterocycles. The Hall–Kier alpha value is -0.530. The molecule has 1 nitrogen and oxygen atoms in total. The molecular weight excluding hydrogens is 266 g/mol. The highest BCUT2D eigenvalue weighted by Crippen LogP contribution is 2.49. The summed E-state index contributed by atoms with van der Waals surface area (Å²) in [6.45, 7) is 2.26. The monoisotopic (exact) mass is 291 g/mol. The molecule has 1 aromatic carbocycles. The SMILES string of the molecule is C[C@H](NC1CCC2(CCCC2)CC1)c1cccc(Cl)c1. The molecule has 20 heavy (non-hydrogen) atoms. The summed E-state index contributed by atoms with van der Waals surface area (Å²) in [5.41, 5.74) is 2.04. The van der Waals surface area contributed by atoms with Crippen molar-refractivity contribution in [3.8, 4) is 0 Å². The fourth-order valence-electron chi connectivity index (χ4n) is 4.25. The van der Waals surface area contributed by atoms with Gasteiger partial charge in [-0.15, -0.1) is 0 Å². The highest BCUT2D eigenvalue weighted by atomic mass is 35.5. The molecule has 0 aliphatic heterocycles. The first kappa shape index (κ1) is 14.4. The number of rotatable bonds is 3. The molecular formula is C18H26ClN. The van der Waals surface area contributed by atoms with Crippen molar-refractivity contribution in [2.45, 2.75) is 70.4 Å². The van der Waals surface area contributed by atoms with Crippen molar-refractivity contribution in [1.29, 1.82) is 0 Å². The second-order valence-electron chi connectivity index (χ2n) is 6.92. The number of halogens is 1. The third kappa shape index (κ3) is 3.20. The lowest BCUT2D eigenvalue weighted by Gasteiger charge is -2.38. The van der Waals surface area contributed by atoms with Gasteiger partial charge in [0, 0.05) is 17.1 Å². The molecule has 0 radical (unpaired) electrons. The van der Waals surface area contributed by atoms with Crippen molar-refractivity contribution >= 4 is 11.6 Å². The molecule has 1 spiro atoms. The van der Waals surface area contributed by atoms with Crippen LogP contribution in [0.3, 0.4) is 0 Å². The molecule has 1 aromatic rings. The predicted octanol–water partition coefficient (Wildman–Crippen LogP) is 5.49. The Morgan fingerprint density at radius 1 is 1.15 bits per heavy atom. The Morgan fingerprint density at radius 2 is 1.85 bits per heavy atom. The van der Waals surface area contributed by atoms with E-state index < -0.39 is 0 Å². The van der Waals surface area contributed by atoms with Gasteiger partial charge in [-0.05, 0) is 68.6 Å². The number of benzene rings is 1. The van der Waals surface area contributed by atoms with E-state index in [9.17, 15) is 0 Å². The second-order valence-corrected chi connectivity index (χ2v) is 7.36. The summed E-state index contributed by atoms with van der Waals surface area (Å²) in [5.74, 6) is 0. The molecule has 0 heterocycles. The molecule has 2 saturated carbocycles. The molecule has 0 unspecified atom stereocenters. The van der Waals surface area contributed by atoms with Crippen LogP contribution in [0.15, 0.2) is 24.3 Å². The van der Waals surface area contributed by atoms with E-state index in [0.717, 1.165) is 10.4 Å². The van der Waals surface area contributed by atoms with E-state index in [4.69, 9.17) is 11.6 Å². The van der Waals surface area contributed by atoms with E-state index in [1.54, 1.807) is 0 Å². The van der Waals surface area contributed by atoms with Gasteiger partial charge < -0.3 is 5.32 Å². The molecule has 2 heteroatoms. The van der Waals surface area contributed by atoms with Crippen LogP contribution in [0, 0.1) is 5.41 Å². The van der Waals surface area contributed by atoms with Gasteiger partial charge in [-0.1, -0.05) is 36.6 Å². The van der Waals surface area contributed by atoms with Crippen molar-refractivity contribution in [2.24, 2.45) is 5.41 Å². The van der Waals surface area contributed by atoms with Crippen molar-refractivity contribution in [1.82, 2.24) is 5.32 Å². The van der Waals surface area contributed by atoms with E-state index in [2.05, 4.69) is 24.4 Å². The Balaban J connectivity index is 1.54. The third-order valence-corrected chi connectivity index (χ3v) is 5.78. The van der Waals surface area contributed by atoms with Crippen LogP contribution in [0.25, 0.3) is 0 Å². The molecule has 1 atom stereocenters. The topological polar surface area (TPSA) is 12.0 Å².